The van der Waals surface area contributed by atoms with Crippen molar-refractivity contribution in [2.75, 3.05) is 20.1 Å². The van der Waals surface area contributed by atoms with E-state index in [9.17, 15) is 4.79 Å². The molecule has 0 aliphatic carbocycles. The van der Waals surface area contributed by atoms with Crippen molar-refractivity contribution in [3.8, 4) is 0 Å². The molecule has 1 saturated heterocycles. The van der Waals surface area contributed by atoms with Crippen LogP contribution in [0.25, 0.3) is 0 Å². The van der Waals surface area contributed by atoms with Gasteiger partial charge < -0.3 is 20.7 Å². The van der Waals surface area contributed by atoms with Crippen LogP contribution in [0.5, 0.6) is 0 Å². The first kappa shape index (κ1) is 10.6. The van der Waals surface area contributed by atoms with Crippen LogP contribution in [-0.4, -0.2) is 52.5 Å². The molecule has 0 spiro atoms. The number of carbonyl (C=O) groups is 1. The summed E-state index contributed by atoms with van der Waals surface area (Å²) in [6.45, 7) is 4.66. The molecule has 1 fully saturated rings. The van der Waals surface area contributed by atoms with Crippen LogP contribution in [0, 0.1) is 0 Å². The highest BCUT2D eigenvalue weighted by Crippen LogP contribution is 2.20. The molecule has 6 heteroatoms. The SMILES string of the molecule is CN1CCN(C(N)=NO)C(C)(C)C1=O. The first-order chi connectivity index (χ1) is 6.41. The molecule has 6 nitrogen and oxygen atoms in total. The number of rotatable bonds is 0. The molecule has 0 saturated carbocycles. The maximum absolute atomic E-state index is 11.8. The van der Waals surface area contributed by atoms with Gasteiger partial charge in [0.05, 0.1) is 0 Å². The van der Waals surface area contributed by atoms with E-state index >= 15 is 0 Å². The number of hydrogen-bond donors (Lipinski definition) is 2. The maximum Gasteiger partial charge on any atom is 0.247 e. The number of likely N-dealkylation sites (N-methyl/N-ethyl adjacent to an activating group) is 1. The zero-order valence-electron chi connectivity index (χ0n) is 8.69. The zero-order valence-corrected chi connectivity index (χ0v) is 8.69. The van der Waals surface area contributed by atoms with Crippen molar-refractivity contribution in [1.29, 1.82) is 0 Å². The Bertz CT molecular complexity index is 275. The van der Waals surface area contributed by atoms with Crippen molar-refractivity contribution >= 4 is 11.9 Å². The molecule has 0 aromatic rings. The molecule has 1 amide bonds. The summed E-state index contributed by atoms with van der Waals surface area (Å²) >= 11 is 0. The van der Waals surface area contributed by atoms with E-state index in [0.29, 0.717) is 13.1 Å². The monoisotopic (exact) mass is 200 g/mol. The summed E-state index contributed by atoms with van der Waals surface area (Å²) in [5.41, 5.74) is 4.74. The lowest BCUT2D eigenvalue weighted by atomic mass is 9.98. The topological polar surface area (TPSA) is 82.2 Å². The predicted molar refractivity (Wildman–Crippen MR) is 51.8 cm³/mol. The van der Waals surface area contributed by atoms with Gasteiger partial charge in [-0.25, -0.2) is 0 Å². The number of piperazine rings is 1. The third-order valence-electron chi connectivity index (χ3n) is 2.58. The van der Waals surface area contributed by atoms with Gasteiger partial charge in [-0.2, -0.15) is 0 Å². The van der Waals surface area contributed by atoms with Gasteiger partial charge in [-0.05, 0) is 13.8 Å². The van der Waals surface area contributed by atoms with E-state index < -0.39 is 5.54 Å². The lowest BCUT2D eigenvalue weighted by Crippen LogP contribution is -2.65. The summed E-state index contributed by atoms with van der Waals surface area (Å²) < 4.78 is 0. The normalized spacial score (nSPS) is 22.8. The summed E-state index contributed by atoms with van der Waals surface area (Å²) in [6, 6.07) is 0. The second-order valence-corrected chi connectivity index (χ2v) is 3.90. The Kier molecular flexibility index (Phi) is 2.55. The van der Waals surface area contributed by atoms with E-state index in [-0.39, 0.29) is 11.9 Å². The van der Waals surface area contributed by atoms with Crippen molar-refractivity contribution in [2.45, 2.75) is 19.4 Å². The molecule has 0 bridgehead atoms. The molecular formula is C8H16N4O2. The van der Waals surface area contributed by atoms with Crippen molar-refractivity contribution in [3.63, 3.8) is 0 Å². The molecule has 1 rings (SSSR count). The highest BCUT2D eigenvalue weighted by molar-refractivity contribution is 5.92. The molecule has 1 aliphatic rings. The van der Waals surface area contributed by atoms with Gasteiger partial charge in [0.15, 0.2) is 0 Å². The van der Waals surface area contributed by atoms with Crippen molar-refractivity contribution in [3.05, 3.63) is 0 Å². The first-order valence-corrected chi connectivity index (χ1v) is 4.42. The Morgan fingerprint density at radius 1 is 1.57 bits per heavy atom. The Hall–Kier alpha value is -1.46. The molecule has 1 aliphatic heterocycles. The Morgan fingerprint density at radius 3 is 2.64 bits per heavy atom. The summed E-state index contributed by atoms with van der Waals surface area (Å²) in [5, 5.41) is 11.5. The molecule has 0 atom stereocenters. The first-order valence-electron chi connectivity index (χ1n) is 4.42. The van der Waals surface area contributed by atoms with Crippen LogP contribution < -0.4 is 5.73 Å². The van der Waals surface area contributed by atoms with Crippen molar-refractivity contribution in [2.24, 2.45) is 10.9 Å². The number of nitrogens with zero attached hydrogens (tertiary/aromatic N) is 3. The second-order valence-electron chi connectivity index (χ2n) is 3.90. The van der Waals surface area contributed by atoms with E-state index in [4.69, 9.17) is 10.9 Å². The predicted octanol–water partition coefficient (Wildman–Crippen LogP) is -0.757. The molecular weight excluding hydrogens is 184 g/mol. The lowest BCUT2D eigenvalue weighted by Gasteiger charge is -2.44. The molecule has 3 N–H and O–H groups in total. The average Bonchev–Trinajstić information content (AvgIpc) is 2.13. The van der Waals surface area contributed by atoms with Crippen LogP contribution in [0.4, 0.5) is 0 Å². The molecule has 1 heterocycles. The molecule has 0 unspecified atom stereocenters. The smallest absolute Gasteiger partial charge is 0.247 e. The Labute approximate surface area is 83.0 Å². The lowest BCUT2D eigenvalue weighted by molar-refractivity contribution is -0.143. The summed E-state index contributed by atoms with van der Waals surface area (Å²) in [7, 11) is 1.74. The van der Waals surface area contributed by atoms with Crippen LogP contribution in [0.2, 0.25) is 0 Å². The van der Waals surface area contributed by atoms with E-state index in [1.807, 2.05) is 0 Å². The zero-order chi connectivity index (χ0) is 10.9. The number of guanidine groups is 1. The van der Waals surface area contributed by atoms with Gasteiger partial charge in [-0.1, -0.05) is 5.16 Å². The minimum atomic E-state index is -0.747. The standard InChI is InChI=1S/C8H16N4O2/c1-8(2)6(13)11(3)4-5-12(8)7(9)10-14/h14H,4-5H2,1-3H3,(H2,9,10). The number of amides is 1. The van der Waals surface area contributed by atoms with Gasteiger partial charge in [-0.3, -0.25) is 4.79 Å². The van der Waals surface area contributed by atoms with Crippen LogP contribution in [0.3, 0.4) is 0 Å². The maximum atomic E-state index is 11.8. The fourth-order valence-electron chi connectivity index (χ4n) is 1.67. The van der Waals surface area contributed by atoms with Crippen molar-refractivity contribution < 1.29 is 10.0 Å². The molecule has 14 heavy (non-hydrogen) atoms. The highest BCUT2D eigenvalue weighted by Gasteiger charge is 2.41. The van der Waals surface area contributed by atoms with E-state index in [1.165, 1.54) is 0 Å². The molecule has 80 valence electrons. The van der Waals surface area contributed by atoms with Gasteiger partial charge in [0.2, 0.25) is 11.9 Å². The fourth-order valence-corrected chi connectivity index (χ4v) is 1.67. The summed E-state index contributed by atoms with van der Waals surface area (Å²) in [5.74, 6) is -0.0493. The minimum absolute atomic E-state index is 0.0172. The quantitative estimate of drug-likeness (QED) is 0.233. The largest absolute Gasteiger partial charge is 0.408 e. The number of nitrogens with two attached hydrogens (primary N) is 1. The Morgan fingerprint density at radius 2 is 2.14 bits per heavy atom. The summed E-state index contributed by atoms with van der Waals surface area (Å²) in [6.07, 6.45) is 0. The third kappa shape index (κ3) is 1.47. The molecule has 0 aromatic carbocycles. The van der Waals surface area contributed by atoms with E-state index in [2.05, 4.69) is 5.16 Å². The molecule has 0 aromatic heterocycles. The van der Waals surface area contributed by atoms with Gasteiger partial charge in [0.25, 0.3) is 0 Å². The second kappa shape index (κ2) is 3.36. The van der Waals surface area contributed by atoms with Crippen LogP contribution in [-0.2, 0) is 4.79 Å². The third-order valence-corrected chi connectivity index (χ3v) is 2.58. The van der Waals surface area contributed by atoms with E-state index in [0.717, 1.165) is 0 Å². The van der Waals surface area contributed by atoms with Gasteiger partial charge in [-0.15, -0.1) is 0 Å². The number of hydrogen-bond acceptors (Lipinski definition) is 3. The van der Waals surface area contributed by atoms with Crippen LogP contribution >= 0.6 is 0 Å². The summed E-state index contributed by atoms with van der Waals surface area (Å²) in [4.78, 5) is 15.0. The number of oxime groups is 1. The average molecular weight is 200 g/mol. The van der Waals surface area contributed by atoms with Crippen LogP contribution in [0.15, 0.2) is 5.16 Å². The van der Waals surface area contributed by atoms with Gasteiger partial charge >= 0.3 is 0 Å². The fraction of sp³-hybridized carbons (Fsp3) is 0.750. The molecule has 0 radical (unpaired) electrons. The minimum Gasteiger partial charge on any atom is -0.408 e. The highest BCUT2D eigenvalue weighted by atomic mass is 16.4. The van der Waals surface area contributed by atoms with Gasteiger partial charge in [0.1, 0.15) is 5.54 Å². The van der Waals surface area contributed by atoms with Gasteiger partial charge in [0, 0.05) is 20.1 Å². The van der Waals surface area contributed by atoms with E-state index in [1.54, 1.807) is 30.7 Å². The number of carbonyl (C=O) groups excluding carboxylic acids is 1. The Balaban J connectivity index is 2.95. The van der Waals surface area contributed by atoms with Crippen molar-refractivity contribution in [1.82, 2.24) is 9.80 Å². The van der Waals surface area contributed by atoms with Crippen LogP contribution in [0.1, 0.15) is 13.8 Å².